The summed E-state index contributed by atoms with van der Waals surface area (Å²) in [6.07, 6.45) is 1.58. The molecule has 0 bridgehead atoms. The van der Waals surface area contributed by atoms with Crippen LogP contribution in [0.25, 0.3) is 0 Å². The van der Waals surface area contributed by atoms with E-state index in [9.17, 15) is 0 Å². The molecule has 0 rings (SSSR count). The van der Waals surface area contributed by atoms with Gasteiger partial charge in [-0.15, -0.1) is 0 Å². The van der Waals surface area contributed by atoms with Crippen molar-refractivity contribution in [1.29, 1.82) is 5.26 Å². The highest BCUT2D eigenvalue weighted by Crippen LogP contribution is 1.60. The minimum Gasteiger partial charge on any atom is -0.409 e. The number of amidine groups is 1. The fourth-order valence-corrected chi connectivity index (χ4v) is 0.106. The second-order valence-corrected chi connectivity index (χ2v) is 0.922. The summed E-state index contributed by atoms with van der Waals surface area (Å²) in [6.45, 7) is 1.48. The van der Waals surface area contributed by atoms with Gasteiger partial charge < -0.3 is 5.21 Å². The molecule has 2 N–H and O–H groups in total. The lowest BCUT2D eigenvalue weighted by atomic mass is 10.7. The van der Waals surface area contributed by atoms with Gasteiger partial charge in [0.2, 0.25) is 0 Å². The second kappa shape index (κ2) is 2.97. The summed E-state index contributed by atoms with van der Waals surface area (Å²) in [6, 6.07) is 0. The minimum absolute atomic E-state index is 0.197. The van der Waals surface area contributed by atoms with Crippen LogP contribution in [0.2, 0.25) is 0 Å². The Morgan fingerprint density at radius 2 is 2.57 bits per heavy atom. The van der Waals surface area contributed by atoms with E-state index < -0.39 is 0 Å². The van der Waals surface area contributed by atoms with E-state index in [4.69, 9.17) is 10.5 Å². The van der Waals surface area contributed by atoms with Crippen molar-refractivity contribution < 1.29 is 5.21 Å². The minimum atomic E-state index is 0.197. The van der Waals surface area contributed by atoms with Crippen LogP contribution in [-0.4, -0.2) is 11.0 Å². The SMILES string of the molecule is CC(=NO)NC#N. The molecule has 0 heterocycles. The van der Waals surface area contributed by atoms with Gasteiger partial charge in [0.25, 0.3) is 0 Å². The summed E-state index contributed by atoms with van der Waals surface area (Å²) in [5, 5.41) is 20.4. The molecule has 0 saturated heterocycles. The van der Waals surface area contributed by atoms with Gasteiger partial charge in [0, 0.05) is 0 Å². The zero-order valence-corrected chi connectivity index (χ0v) is 3.84. The standard InChI is InChI=1S/C3H5N3O/c1-3(6-7)5-2-4/h7H,1H3,(H,5,6). The predicted molar refractivity (Wildman–Crippen MR) is 23.6 cm³/mol. The fourth-order valence-electron chi connectivity index (χ4n) is 0.106. The zero-order chi connectivity index (χ0) is 5.70. The van der Waals surface area contributed by atoms with Crippen molar-refractivity contribution in [3.63, 3.8) is 0 Å². The van der Waals surface area contributed by atoms with E-state index in [1.807, 2.05) is 0 Å². The number of nitrogens with one attached hydrogen (secondary N) is 1. The molecule has 4 nitrogen and oxygen atoms in total. The van der Waals surface area contributed by atoms with Gasteiger partial charge in [0.1, 0.15) is 0 Å². The molecule has 0 amide bonds. The van der Waals surface area contributed by atoms with E-state index in [2.05, 4.69) is 10.5 Å². The highest BCUT2D eigenvalue weighted by molar-refractivity contribution is 5.80. The smallest absolute Gasteiger partial charge is 0.182 e. The van der Waals surface area contributed by atoms with Crippen LogP contribution in [-0.2, 0) is 0 Å². The van der Waals surface area contributed by atoms with Crippen LogP contribution in [0.1, 0.15) is 6.92 Å². The van der Waals surface area contributed by atoms with Crippen LogP contribution >= 0.6 is 0 Å². The van der Waals surface area contributed by atoms with Gasteiger partial charge in [-0.25, -0.2) is 0 Å². The molecule has 0 aromatic carbocycles. The lowest BCUT2D eigenvalue weighted by molar-refractivity contribution is 0.317. The Labute approximate surface area is 41.1 Å². The highest BCUT2D eigenvalue weighted by Gasteiger charge is 1.79. The highest BCUT2D eigenvalue weighted by atomic mass is 16.4. The molecule has 0 aliphatic rings. The van der Waals surface area contributed by atoms with Crippen molar-refractivity contribution in [2.45, 2.75) is 6.92 Å². The lowest BCUT2D eigenvalue weighted by Crippen LogP contribution is -2.12. The molecular formula is C3H5N3O. The first-order valence-corrected chi connectivity index (χ1v) is 1.65. The molecule has 0 aliphatic heterocycles. The number of hydrogen-bond donors (Lipinski definition) is 2. The van der Waals surface area contributed by atoms with Gasteiger partial charge in [-0.1, -0.05) is 5.16 Å². The molecule has 38 valence electrons. The first-order valence-electron chi connectivity index (χ1n) is 1.65. The molecule has 0 atom stereocenters. The molecule has 7 heavy (non-hydrogen) atoms. The van der Waals surface area contributed by atoms with Gasteiger partial charge >= 0.3 is 0 Å². The summed E-state index contributed by atoms with van der Waals surface area (Å²) in [7, 11) is 0. The molecule has 0 aliphatic carbocycles. The predicted octanol–water partition coefficient (Wildman–Crippen LogP) is -0.135. The summed E-state index contributed by atoms with van der Waals surface area (Å²) in [5.41, 5.74) is 0. The van der Waals surface area contributed by atoms with E-state index in [0.717, 1.165) is 0 Å². The quantitative estimate of drug-likeness (QED) is 0.111. The number of nitrogens with zero attached hydrogens (tertiary/aromatic N) is 2. The van der Waals surface area contributed by atoms with Crippen molar-refractivity contribution in [1.82, 2.24) is 5.32 Å². The van der Waals surface area contributed by atoms with Crippen molar-refractivity contribution >= 4 is 5.84 Å². The third kappa shape index (κ3) is 2.56. The first-order chi connectivity index (χ1) is 3.31. The Bertz CT molecular complexity index is 112. The van der Waals surface area contributed by atoms with Crippen LogP contribution in [0.4, 0.5) is 0 Å². The van der Waals surface area contributed by atoms with Crippen molar-refractivity contribution in [3.05, 3.63) is 0 Å². The van der Waals surface area contributed by atoms with E-state index in [-0.39, 0.29) is 5.84 Å². The van der Waals surface area contributed by atoms with Crippen LogP contribution in [0.15, 0.2) is 5.16 Å². The van der Waals surface area contributed by atoms with Gasteiger partial charge in [0.15, 0.2) is 12.0 Å². The second-order valence-electron chi connectivity index (χ2n) is 0.922. The summed E-state index contributed by atoms with van der Waals surface area (Å²) >= 11 is 0. The zero-order valence-electron chi connectivity index (χ0n) is 3.84. The van der Waals surface area contributed by atoms with Gasteiger partial charge in [-0.3, -0.25) is 5.32 Å². The molecular weight excluding hydrogens is 94.1 g/mol. The number of rotatable bonds is 0. The molecule has 0 saturated carbocycles. The van der Waals surface area contributed by atoms with Crippen molar-refractivity contribution in [3.8, 4) is 6.19 Å². The Balaban J connectivity index is 3.43. The summed E-state index contributed by atoms with van der Waals surface area (Å²) in [4.78, 5) is 0. The van der Waals surface area contributed by atoms with E-state index in [1.165, 1.54) is 6.92 Å². The maximum Gasteiger partial charge on any atom is 0.182 e. The Hall–Kier alpha value is -1.24. The van der Waals surface area contributed by atoms with Crippen LogP contribution in [0, 0.1) is 11.5 Å². The average molecular weight is 99.1 g/mol. The van der Waals surface area contributed by atoms with Crippen molar-refractivity contribution in [2.24, 2.45) is 5.16 Å². The average Bonchev–Trinajstić information content (AvgIpc) is 1.68. The largest absolute Gasteiger partial charge is 0.409 e. The number of nitriles is 1. The summed E-state index contributed by atoms with van der Waals surface area (Å²) in [5.74, 6) is 0.197. The van der Waals surface area contributed by atoms with Crippen LogP contribution < -0.4 is 5.32 Å². The van der Waals surface area contributed by atoms with E-state index >= 15 is 0 Å². The molecule has 0 aromatic rings. The Morgan fingerprint density at radius 1 is 2.00 bits per heavy atom. The number of hydrogen-bond acceptors (Lipinski definition) is 3. The first kappa shape index (κ1) is 5.76. The summed E-state index contributed by atoms with van der Waals surface area (Å²) < 4.78 is 0. The van der Waals surface area contributed by atoms with Gasteiger partial charge in [-0.05, 0) is 6.92 Å². The molecule has 0 radical (unpaired) electrons. The third-order valence-corrected chi connectivity index (χ3v) is 0.387. The monoisotopic (exact) mass is 99.0 g/mol. The molecule has 0 aromatic heterocycles. The lowest BCUT2D eigenvalue weighted by Gasteiger charge is -1.84. The van der Waals surface area contributed by atoms with E-state index in [1.54, 1.807) is 6.19 Å². The Morgan fingerprint density at radius 3 is 2.71 bits per heavy atom. The van der Waals surface area contributed by atoms with Crippen LogP contribution in [0.3, 0.4) is 0 Å². The molecule has 0 unspecified atom stereocenters. The van der Waals surface area contributed by atoms with Crippen molar-refractivity contribution in [2.75, 3.05) is 0 Å². The maximum atomic E-state index is 7.84. The van der Waals surface area contributed by atoms with Gasteiger partial charge in [-0.2, -0.15) is 5.26 Å². The molecule has 0 fully saturated rings. The molecule has 0 spiro atoms. The maximum absolute atomic E-state index is 7.84. The molecule has 4 heteroatoms. The fraction of sp³-hybridized carbons (Fsp3) is 0.333. The topological polar surface area (TPSA) is 68.4 Å². The third-order valence-electron chi connectivity index (χ3n) is 0.387. The van der Waals surface area contributed by atoms with Gasteiger partial charge in [0.05, 0.1) is 0 Å². The van der Waals surface area contributed by atoms with Crippen LogP contribution in [0.5, 0.6) is 0 Å². The van der Waals surface area contributed by atoms with E-state index in [0.29, 0.717) is 0 Å². The number of oxime groups is 1. The Kier molecular flexibility index (Phi) is 2.44. The normalized spacial score (nSPS) is 10.0.